The van der Waals surface area contributed by atoms with Crippen molar-refractivity contribution < 1.29 is 28.6 Å². The van der Waals surface area contributed by atoms with Gasteiger partial charge in [0.15, 0.2) is 6.10 Å². The summed E-state index contributed by atoms with van der Waals surface area (Å²) < 4.78 is 16.8. The molecule has 2 atom stereocenters. The Morgan fingerprint density at radius 3 is 1.00 bits per heavy atom. The minimum Gasteiger partial charge on any atom is -0.462 e. The number of hydrogen-bond acceptors (Lipinski definition) is 6. The Balaban J connectivity index is 4.26. The minimum atomic E-state index is -0.760. The molecule has 0 aliphatic rings. The average molecular weight is 807 g/mol. The molecular weight excluding hydrogens is 709 g/mol. The molecule has 0 rings (SSSR count). The largest absolute Gasteiger partial charge is 0.462 e. The van der Waals surface area contributed by atoms with E-state index in [-0.39, 0.29) is 31.1 Å². The fraction of sp³-hybridized carbons (Fsp3) is 0.941. The third-order valence-corrected chi connectivity index (χ3v) is 11.8. The van der Waals surface area contributed by atoms with Gasteiger partial charge < -0.3 is 14.2 Å². The molecule has 6 heteroatoms. The van der Waals surface area contributed by atoms with Crippen molar-refractivity contribution in [3.8, 4) is 0 Å². The summed E-state index contributed by atoms with van der Waals surface area (Å²) in [6.45, 7) is 11.4. The van der Waals surface area contributed by atoms with Gasteiger partial charge in [-0.3, -0.25) is 14.4 Å². The third kappa shape index (κ3) is 43.8. The normalized spacial score (nSPS) is 12.5. The second-order valence-electron chi connectivity index (χ2n) is 18.2. The molecule has 0 amide bonds. The Kier molecular flexibility index (Phi) is 42.7. The van der Waals surface area contributed by atoms with Gasteiger partial charge in [0.1, 0.15) is 13.2 Å². The van der Waals surface area contributed by atoms with Crippen molar-refractivity contribution in [2.75, 3.05) is 13.2 Å². The van der Waals surface area contributed by atoms with Gasteiger partial charge in [-0.1, -0.05) is 240 Å². The van der Waals surface area contributed by atoms with Crippen molar-refractivity contribution >= 4 is 17.9 Å². The number of rotatable bonds is 45. The first kappa shape index (κ1) is 55.4. The quantitative estimate of drug-likeness (QED) is 0.0346. The molecule has 0 spiro atoms. The van der Waals surface area contributed by atoms with Crippen LogP contribution >= 0.6 is 0 Å². The lowest BCUT2D eigenvalue weighted by Gasteiger charge is -2.18. The van der Waals surface area contributed by atoms with E-state index in [2.05, 4.69) is 34.6 Å². The van der Waals surface area contributed by atoms with Gasteiger partial charge in [0.05, 0.1) is 0 Å². The first-order chi connectivity index (χ1) is 27.8. The van der Waals surface area contributed by atoms with Crippen LogP contribution in [0.4, 0.5) is 0 Å². The SMILES string of the molecule is CCCCCCCCCCCC(=O)OC[C@H](COC(=O)CCCCCCCCCCCC(C)C)OC(=O)CCCCCCCCCCCCCCCCC(C)CC. The summed E-state index contributed by atoms with van der Waals surface area (Å²) in [5.41, 5.74) is 0. The van der Waals surface area contributed by atoms with Gasteiger partial charge in [0.25, 0.3) is 0 Å². The number of unbranched alkanes of at least 4 members (excludes halogenated alkanes) is 29. The molecule has 1 unspecified atom stereocenters. The molecule has 0 heterocycles. The van der Waals surface area contributed by atoms with Crippen LogP contribution in [0.1, 0.15) is 279 Å². The summed E-state index contributed by atoms with van der Waals surface area (Å²) in [6, 6.07) is 0. The fourth-order valence-electron chi connectivity index (χ4n) is 7.60. The zero-order valence-electron chi connectivity index (χ0n) is 39.0. The predicted octanol–water partition coefficient (Wildman–Crippen LogP) is 16.1. The molecule has 0 aromatic heterocycles. The van der Waals surface area contributed by atoms with Crippen molar-refractivity contribution in [3.05, 3.63) is 0 Å². The van der Waals surface area contributed by atoms with Gasteiger partial charge >= 0.3 is 17.9 Å². The molecule has 0 aliphatic heterocycles. The molecule has 0 radical (unpaired) electrons. The molecule has 0 bridgehead atoms. The summed E-state index contributed by atoms with van der Waals surface area (Å²) in [5.74, 6) is 0.850. The van der Waals surface area contributed by atoms with Gasteiger partial charge in [-0.15, -0.1) is 0 Å². The number of hydrogen-bond donors (Lipinski definition) is 0. The number of ether oxygens (including phenoxy) is 3. The highest BCUT2D eigenvalue weighted by atomic mass is 16.6. The van der Waals surface area contributed by atoms with Crippen molar-refractivity contribution in [2.45, 2.75) is 285 Å². The maximum absolute atomic E-state index is 12.8. The number of esters is 3. The van der Waals surface area contributed by atoms with E-state index in [9.17, 15) is 14.4 Å². The molecular formula is C51H98O6. The standard InChI is InChI=1S/C51H98O6/c1-6-8-9-10-11-19-26-31-36-41-49(52)55-44-48(45-56-50(53)42-37-32-27-23-18-20-24-29-34-39-46(3)4)57-51(54)43-38-33-28-22-17-15-13-12-14-16-21-25-30-35-40-47(5)7-2/h46-48H,6-45H2,1-5H3/t47?,48-/m1/s1. The zero-order chi connectivity index (χ0) is 41.9. The fourth-order valence-corrected chi connectivity index (χ4v) is 7.60. The molecule has 0 saturated heterocycles. The molecule has 0 aromatic carbocycles. The average Bonchev–Trinajstić information content (AvgIpc) is 3.19. The lowest BCUT2D eigenvalue weighted by atomic mass is 9.99. The van der Waals surface area contributed by atoms with Gasteiger partial charge in [-0.25, -0.2) is 0 Å². The van der Waals surface area contributed by atoms with E-state index in [1.807, 2.05) is 0 Å². The second kappa shape index (κ2) is 44.0. The summed E-state index contributed by atoms with van der Waals surface area (Å²) in [7, 11) is 0. The second-order valence-corrected chi connectivity index (χ2v) is 18.2. The molecule has 0 aliphatic carbocycles. The lowest BCUT2D eigenvalue weighted by Crippen LogP contribution is -2.30. The minimum absolute atomic E-state index is 0.0643. The van der Waals surface area contributed by atoms with E-state index in [0.717, 1.165) is 69.6 Å². The van der Waals surface area contributed by atoms with Crippen LogP contribution in [-0.2, 0) is 28.6 Å². The van der Waals surface area contributed by atoms with Crippen LogP contribution < -0.4 is 0 Å². The lowest BCUT2D eigenvalue weighted by molar-refractivity contribution is -0.167. The van der Waals surface area contributed by atoms with Crippen LogP contribution in [0.2, 0.25) is 0 Å². The highest BCUT2D eigenvalue weighted by Crippen LogP contribution is 2.18. The molecule has 0 N–H and O–H groups in total. The molecule has 57 heavy (non-hydrogen) atoms. The number of carbonyl (C=O) groups is 3. The molecule has 0 aromatic rings. The predicted molar refractivity (Wildman–Crippen MR) is 243 cm³/mol. The van der Waals surface area contributed by atoms with Gasteiger partial charge in [-0.05, 0) is 31.1 Å². The summed E-state index contributed by atoms with van der Waals surface area (Å²) in [4.78, 5) is 37.8. The summed E-state index contributed by atoms with van der Waals surface area (Å²) >= 11 is 0. The highest BCUT2D eigenvalue weighted by molar-refractivity contribution is 5.71. The van der Waals surface area contributed by atoms with Gasteiger partial charge in [0, 0.05) is 19.3 Å². The smallest absolute Gasteiger partial charge is 0.306 e. The summed E-state index contributed by atoms with van der Waals surface area (Å²) in [5, 5.41) is 0. The van der Waals surface area contributed by atoms with E-state index >= 15 is 0 Å². The topological polar surface area (TPSA) is 78.9 Å². The van der Waals surface area contributed by atoms with Crippen LogP contribution in [0, 0.1) is 11.8 Å². The van der Waals surface area contributed by atoms with Crippen molar-refractivity contribution in [3.63, 3.8) is 0 Å². The Morgan fingerprint density at radius 2 is 0.667 bits per heavy atom. The van der Waals surface area contributed by atoms with E-state index < -0.39 is 6.10 Å². The van der Waals surface area contributed by atoms with Crippen LogP contribution in [0.25, 0.3) is 0 Å². The van der Waals surface area contributed by atoms with E-state index in [4.69, 9.17) is 14.2 Å². The Labute approximate surface area is 355 Å². The number of carbonyl (C=O) groups excluding carboxylic acids is 3. The van der Waals surface area contributed by atoms with Crippen LogP contribution in [0.5, 0.6) is 0 Å². The van der Waals surface area contributed by atoms with Crippen molar-refractivity contribution in [2.24, 2.45) is 11.8 Å². The first-order valence-corrected chi connectivity index (χ1v) is 25.3. The Morgan fingerprint density at radius 1 is 0.368 bits per heavy atom. The monoisotopic (exact) mass is 807 g/mol. The Hall–Kier alpha value is -1.59. The van der Waals surface area contributed by atoms with Crippen molar-refractivity contribution in [1.82, 2.24) is 0 Å². The molecule has 0 fully saturated rings. The van der Waals surface area contributed by atoms with E-state index in [0.29, 0.717) is 19.3 Å². The molecule has 0 saturated carbocycles. The van der Waals surface area contributed by atoms with Crippen LogP contribution in [0.3, 0.4) is 0 Å². The van der Waals surface area contributed by atoms with Crippen molar-refractivity contribution in [1.29, 1.82) is 0 Å². The molecule has 6 nitrogen and oxygen atoms in total. The Bertz CT molecular complexity index is 872. The summed E-state index contributed by atoms with van der Waals surface area (Å²) in [6.07, 6.45) is 43.7. The van der Waals surface area contributed by atoms with Gasteiger partial charge in [0.2, 0.25) is 0 Å². The third-order valence-electron chi connectivity index (χ3n) is 11.8. The van der Waals surface area contributed by atoms with E-state index in [1.54, 1.807) is 0 Å². The van der Waals surface area contributed by atoms with Gasteiger partial charge in [-0.2, -0.15) is 0 Å². The highest BCUT2D eigenvalue weighted by Gasteiger charge is 2.19. The zero-order valence-corrected chi connectivity index (χ0v) is 39.0. The maximum atomic E-state index is 12.8. The first-order valence-electron chi connectivity index (χ1n) is 25.3. The molecule has 338 valence electrons. The maximum Gasteiger partial charge on any atom is 0.306 e. The van der Waals surface area contributed by atoms with Crippen LogP contribution in [-0.4, -0.2) is 37.2 Å². The van der Waals surface area contributed by atoms with Crippen LogP contribution in [0.15, 0.2) is 0 Å². The van der Waals surface area contributed by atoms with E-state index in [1.165, 1.54) is 167 Å².